The molecule has 36 heavy (non-hydrogen) atoms. The van der Waals surface area contributed by atoms with Crippen molar-refractivity contribution in [3.8, 4) is 17.8 Å². The number of aromatic amines is 1. The molecule has 4 N–H and O–H groups in total. The second-order valence-electron chi connectivity index (χ2n) is 7.20. The summed E-state index contributed by atoms with van der Waals surface area (Å²) in [7, 11) is 0. The molecule has 0 radical (unpaired) electrons. The lowest BCUT2D eigenvalue weighted by molar-refractivity contribution is -0.674. The summed E-state index contributed by atoms with van der Waals surface area (Å²) in [5, 5.41) is 57.2. The van der Waals surface area contributed by atoms with Gasteiger partial charge in [0.05, 0.1) is 11.1 Å². The Morgan fingerprint density at radius 1 is 1.08 bits per heavy atom. The summed E-state index contributed by atoms with van der Waals surface area (Å²) >= 11 is 0. The fourth-order valence-electron chi connectivity index (χ4n) is 3.35. The van der Waals surface area contributed by atoms with E-state index in [9.17, 15) is 35.1 Å². The minimum atomic E-state index is -1.32. The summed E-state index contributed by atoms with van der Waals surface area (Å²) in [6, 6.07) is 6.97. The number of imidazole rings is 1. The van der Waals surface area contributed by atoms with Crippen molar-refractivity contribution >= 4 is 35.2 Å². The van der Waals surface area contributed by atoms with Crippen molar-refractivity contribution < 1.29 is 34.4 Å². The van der Waals surface area contributed by atoms with Crippen molar-refractivity contribution in [2.45, 2.75) is 13.5 Å². The quantitative estimate of drug-likeness (QED) is 0.213. The summed E-state index contributed by atoms with van der Waals surface area (Å²) in [5.41, 5.74) is -0.0926. The highest BCUT2D eigenvalue weighted by atomic mass is 16.4. The van der Waals surface area contributed by atoms with Crippen LogP contribution in [0.25, 0.3) is 11.3 Å². The molecule has 0 amide bonds. The van der Waals surface area contributed by atoms with Gasteiger partial charge in [0.1, 0.15) is 30.1 Å². The van der Waals surface area contributed by atoms with E-state index in [-0.39, 0.29) is 45.5 Å². The van der Waals surface area contributed by atoms with E-state index in [2.05, 4.69) is 25.3 Å². The van der Waals surface area contributed by atoms with Crippen LogP contribution in [0.3, 0.4) is 0 Å². The molecule has 3 aromatic heterocycles. The zero-order chi connectivity index (χ0) is 26.1. The van der Waals surface area contributed by atoms with Crippen molar-refractivity contribution in [2.24, 2.45) is 10.2 Å². The number of rotatable bonds is 7. The highest BCUT2D eigenvalue weighted by molar-refractivity contribution is 5.94. The van der Waals surface area contributed by atoms with Crippen molar-refractivity contribution in [3.05, 3.63) is 52.7 Å². The fraction of sp³-hybridized carbons (Fsp3) is 0.100. The number of H-pyrrole nitrogens is 1. The van der Waals surface area contributed by atoms with Crippen LogP contribution >= 0.6 is 0 Å². The Bertz CT molecular complexity index is 1660. The number of nitriles is 2. The third kappa shape index (κ3) is 3.97. The van der Waals surface area contributed by atoms with E-state index in [1.807, 2.05) is 0 Å². The minimum Gasteiger partial charge on any atom is -0.480 e. The summed E-state index contributed by atoms with van der Waals surface area (Å²) in [6.45, 7) is 0.942. The van der Waals surface area contributed by atoms with Crippen LogP contribution in [0.2, 0.25) is 0 Å². The van der Waals surface area contributed by atoms with Gasteiger partial charge in [-0.2, -0.15) is 15.5 Å². The molecule has 0 atom stereocenters. The molecule has 1 aromatic carbocycles. The number of azo groups is 1. The van der Waals surface area contributed by atoms with Gasteiger partial charge < -0.3 is 15.3 Å². The van der Waals surface area contributed by atoms with E-state index >= 15 is 0 Å². The number of carboxylic acids is 3. The lowest BCUT2D eigenvalue weighted by atomic mass is 10.1. The van der Waals surface area contributed by atoms with Gasteiger partial charge in [-0.05, 0) is 25.1 Å². The third-order valence-electron chi connectivity index (χ3n) is 4.91. The number of aromatic nitrogens is 6. The zero-order valence-electron chi connectivity index (χ0n) is 18.1. The lowest BCUT2D eigenvalue weighted by Crippen LogP contribution is -2.37. The summed E-state index contributed by atoms with van der Waals surface area (Å²) < 4.78 is 3.65. The Hall–Kier alpha value is -5.90. The van der Waals surface area contributed by atoms with Crippen molar-refractivity contribution in [2.75, 3.05) is 0 Å². The number of aryl methyl sites for hydroxylation is 1. The summed E-state index contributed by atoms with van der Waals surface area (Å²) in [4.78, 5) is 42.2. The molecule has 0 saturated heterocycles. The van der Waals surface area contributed by atoms with Gasteiger partial charge in [-0.15, -0.1) is 14.9 Å². The molecule has 178 valence electrons. The molecule has 0 aliphatic carbocycles. The SMILES string of the molecule is Cc1[nH]n2c(nc[n+]2-c2cc(C(=O)O)cc(C(=O)O)c2)c1N=Nc1nc(C#N)c(C#N)n1CC(=O)O. The van der Waals surface area contributed by atoms with E-state index < -0.39 is 24.5 Å². The maximum atomic E-state index is 11.5. The van der Waals surface area contributed by atoms with Crippen molar-refractivity contribution in [1.82, 2.24) is 24.3 Å². The summed E-state index contributed by atoms with van der Waals surface area (Å²) in [6.07, 6.45) is 1.30. The monoisotopic (exact) mass is 489 g/mol. The molecule has 0 spiro atoms. The molecular formula is C20H13N10O6+. The number of hydrogen-bond donors (Lipinski definition) is 4. The minimum absolute atomic E-state index is 0.180. The van der Waals surface area contributed by atoms with E-state index in [0.717, 1.165) is 10.6 Å². The van der Waals surface area contributed by atoms with E-state index in [4.69, 9.17) is 5.11 Å². The fourth-order valence-corrected chi connectivity index (χ4v) is 3.35. The molecule has 0 fully saturated rings. The Balaban J connectivity index is 1.82. The summed E-state index contributed by atoms with van der Waals surface area (Å²) in [5.74, 6) is -4.21. The molecular weight excluding hydrogens is 476 g/mol. The average Bonchev–Trinajstić information content (AvgIpc) is 3.48. The van der Waals surface area contributed by atoms with Gasteiger partial charge in [0, 0.05) is 0 Å². The molecule has 0 unspecified atom stereocenters. The Labute approximate surface area is 199 Å². The first-order chi connectivity index (χ1) is 17.1. The maximum absolute atomic E-state index is 11.5. The number of carbonyl (C=O) groups is 3. The van der Waals surface area contributed by atoms with Gasteiger partial charge in [-0.3, -0.25) is 9.36 Å². The Morgan fingerprint density at radius 3 is 2.31 bits per heavy atom. The van der Waals surface area contributed by atoms with Crippen LogP contribution in [0.5, 0.6) is 0 Å². The largest absolute Gasteiger partial charge is 0.480 e. The molecule has 0 aliphatic heterocycles. The number of nitrogens with one attached hydrogen (secondary N) is 1. The smallest absolute Gasteiger partial charge is 0.335 e. The zero-order valence-corrected chi connectivity index (χ0v) is 18.1. The first-order valence-electron chi connectivity index (χ1n) is 9.78. The molecule has 4 aromatic rings. The highest BCUT2D eigenvalue weighted by Gasteiger charge is 2.24. The number of aromatic carboxylic acids is 2. The van der Waals surface area contributed by atoms with Crippen LogP contribution in [0.1, 0.15) is 37.8 Å². The van der Waals surface area contributed by atoms with E-state index in [1.54, 1.807) is 19.1 Å². The van der Waals surface area contributed by atoms with Gasteiger partial charge in [0.25, 0.3) is 12.3 Å². The molecule has 3 heterocycles. The Kier molecular flexibility index (Phi) is 5.69. The second-order valence-corrected chi connectivity index (χ2v) is 7.20. The first-order valence-corrected chi connectivity index (χ1v) is 9.78. The number of hydrogen-bond acceptors (Lipinski definition) is 9. The van der Waals surface area contributed by atoms with Crippen LogP contribution in [0.15, 0.2) is 34.8 Å². The van der Waals surface area contributed by atoms with E-state index in [1.165, 1.54) is 27.8 Å². The van der Waals surface area contributed by atoms with Gasteiger partial charge in [0.2, 0.25) is 0 Å². The lowest BCUT2D eigenvalue weighted by Gasteiger charge is -2.03. The van der Waals surface area contributed by atoms with Crippen molar-refractivity contribution in [1.29, 1.82) is 10.5 Å². The topological polar surface area (TPSA) is 239 Å². The van der Waals surface area contributed by atoms with Crippen LogP contribution in [-0.2, 0) is 11.3 Å². The number of benzene rings is 1. The number of aliphatic carboxylic acids is 1. The van der Waals surface area contributed by atoms with Crippen LogP contribution in [0.4, 0.5) is 11.6 Å². The number of carboxylic acid groups (broad SMARTS) is 3. The normalized spacial score (nSPS) is 11.0. The standard InChI is InChI=1S/C20H12N10O6/c1-9-16(25-26-20-24-13(5-21)14(6-22)28(20)7-15(31)32)17-23-8-29(30(17)27-9)12-3-10(18(33)34)2-11(4-12)19(35)36/h2-4,8H,7H2,1H3,(H3,31,32,33,34,35,36)/p+1. The van der Waals surface area contributed by atoms with Gasteiger partial charge in [0.15, 0.2) is 17.1 Å². The van der Waals surface area contributed by atoms with E-state index in [0.29, 0.717) is 5.69 Å². The highest BCUT2D eigenvalue weighted by Crippen LogP contribution is 2.26. The second kappa shape index (κ2) is 8.80. The average molecular weight is 489 g/mol. The molecule has 16 heteroatoms. The molecule has 0 aliphatic rings. The van der Waals surface area contributed by atoms with Crippen LogP contribution < -0.4 is 4.68 Å². The van der Waals surface area contributed by atoms with Gasteiger partial charge in [-0.25, -0.2) is 14.7 Å². The Morgan fingerprint density at radius 2 is 1.75 bits per heavy atom. The third-order valence-corrected chi connectivity index (χ3v) is 4.91. The predicted molar refractivity (Wildman–Crippen MR) is 113 cm³/mol. The first kappa shape index (κ1) is 23.3. The van der Waals surface area contributed by atoms with Gasteiger partial charge >= 0.3 is 23.6 Å². The van der Waals surface area contributed by atoms with Crippen LogP contribution in [-0.4, -0.2) is 57.5 Å². The maximum Gasteiger partial charge on any atom is 0.335 e. The molecule has 0 saturated carbocycles. The van der Waals surface area contributed by atoms with Crippen LogP contribution in [0, 0.1) is 29.6 Å². The van der Waals surface area contributed by atoms with Gasteiger partial charge in [-0.1, -0.05) is 9.61 Å². The number of fused-ring (bicyclic) bond motifs is 1. The molecule has 16 nitrogen and oxygen atoms in total. The molecule has 4 rings (SSSR count). The predicted octanol–water partition coefficient (Wildman–Crippen LogP) is 1.08. The number of nitrogens with zero attached hydrogens (tertiary/aromatic N) is 9. The van der Waals surface area contributed by atoms with Crippen molar-refractivity contribution in [3.63, 3.8) is 0 Å². The molecule has 0 bridgehead atoms.